The zero-order valence-corrected chi connectivity index (χ0v) is 19.5. The summed E-state index contributed by atoms with van der Waals surface area (Å²) in [6.07, 6.45) is 3.22. The number of carbonyl (C=O) groups is 2. The second-order valence-electron chi connectivity index (χ2n) is 7.24. The highest BCUT2D eigenvalue weighted by Gasteiger charge is 2.22. The molecule has 0 saturated carbocycles. The predicted molar refractivity (Wildman–Crippen MR) is 122 cm³/mol. The summed E-state index contributed by atoms with van der Waals surface area (Å²) in [5.74, 6) is 1.10. The van der Waals surface area contributed by atoms with Crippen molar-refractivity contribution < 1.29 is 9.59 Å². The van der Waals surface area contributed by atoms with Crippen molar-refractivity contribution in [2.75, 3.05) is 13.1 Å². The van der Waals surface area contributed by atoms with Crippen LogP contribution in [0.15, 0.2) is 28.8 Å². The lowest BCUT2D eigenvalue weighted by Crippen LogP contribution is -2.34. The van der Waals surface area contributed by atoms with E-state index >= 15 is 0 Å². The van der Waals surface area contributed by atoms with Crippen molar-refractivity contribution in [3.8, 4) is 0 Å². The molecule has 0 bridgehead atoms. The Morgan fingerprint density at radius 2 is 2.19 bits per heavy atom. The van der Waals surface area contributed by atoms with Gasteiger partial charge in [-0.2, -0.15) is 5.10 Å². The molecular weight excluding hydrogens is 414 g/mol. The second-order valence-corrected chi connectivity index (χ2v) is 7.96. The molecule has 2 aromatic heterocycles. The fourth-order valence-electron chi connectivity index (χ4n) is 3.35. The molecule has 2 amide bonds. The smallest absolute Gasteiger partial charge is 0.219 e. The predicted octanol–water partition coefficient (Wildman–Crippen LogP) is 2.40. The third kappa shape index (κ3) is 6.74. The first kappa shape index (κ1) is 24.3. The van der Waals surface area contributed by atoms with Crippen LogP contribution in [0, 0.1) is 6.92 Å². The average Bonchev–Trinajstić information content (AvgIpc) is 3.36. The van der Waals surface area contributed by atoms with E-state index in [1.807, 2.05) is 24.3 Å². The van der Waals surface area contributed by atoms with Crippen molar-refractivity contribution in [1.29, 1.82) is 0 Å². The normalized spacial score (nSPS) is 13.4. The standard InChI is InChI=1S/C11H16N4OS.C10H15N3O/c1-4-15(12-3)6-5-10(14-9(2)16)11-7-17-8-13-11;1-7-11-9-6-13(8(2)14)5-4-10(9)12(7)3/h4,7-8,10H,1,3,5-6H2,2H3,(H,14,16);4-6H2,1-3H3. The molecule has 1 N–H and O–H groups in total. The zero-order chi connectivity index (χ0) is 23.0. The summed E-state index contributed by atoms with van der Waals surface area (Å²) < 4.78 is 2.12. The average molecular weight is 446 g/mol. The summed E-state index contributed by atoms with van der Waals surface area (Å²) in [6.45, 7) is 14.3. The van der Waals surface area contributed by atoms with E-state index in [0.717, 1.165) is 30.2 Å². The lowest BCUT2D eigenvalue weighted by molar-refractivity contribution is -0.129. The van der Waals surface area contributed by atoms with Gasteiger partial charge in [-0.15, -0.1) is 11.3 Å². The van der Waals surface area contributed by atoms with Gasteiger partial charge in [-0.1, -0.05) is 6.58 Å². The minimum Gasteiger partial charge on any atom is -0.348 e. The number of nitrogens with one attached hydrogen (secondary N) is 1. The largest absolute Gasteiger partial charge is 0.348 e. The first-order valence-electron chi connectivity index (χ1n) is 10.0. The van der Waals surface area contributed by atoms with Gasteiger partial charge in [-0.3, -0.25) is 14.6 Å². The molecule has 0 fully saturated rings. The Hall–Kier alpha value is -3.01. The van der Waals surface area contributed by atoms with Crippen molar-refractivity contribution >= 4 is 29.9 Å². The van der Waals surface area contributed by atoms with E-state index in [1.165, 1.54) is 24.0 Å². The third-order valence-electron chi connectivity index (χ3n) is 5.15. The number of amides is 2. The van der Waals surface area contributed by atoms with Gasteiger partial charge in [0.2, 0.25) is 11.8 Å². The van der Waals surface area contributed by atoms with Crippen LogP contribution in [-0.2, 0) is 29.6 Å². The number of hydrogen-bond donors (Lipinski definition) is 1. The van der Waals surface area contributed by atoms with Crippen LogP contribution < -0.4 is 5.32 Å². The molecule has 0 radical (unpaired) electrons. The number of nitrogens with zero attached hydrogens (tertiary/aromatic N) is 6. The molecule has 2 aromatic rings. The van der Waals surface area contributed by atoms with Crippen LogP contribution in [0.2, 0.25) is 0 Å². The lowest BCUT2D eigenvalue weighted by Gasteiger charge is -2.25. The Balaban J connectivity index is 0.000000224. The molecule has 1 atom stereocenters. The minimum atomic E-state index is -0.0945. The van der Waals surface area contributed by atoms with Crippen LogP contribution in [-0.4, -0.2) is 56.1 Å². The van der Waals surface area contributed by atoms with Crippen molar-refractivity contribution in [1.82, 2.24) is 29.8 Å². The number of rotatable bonds is 7. The number of carbonyl (C=O) groups excluding carboxylic acids is 2. The number of fused-ring (bicyclic) bond motifs is 1. The number of hydrogen-bond acceptors (Lipinski definition) is 7. The first-order valence-corrected chi connectivity index (χ1v) is 11.0. The van der Waals surface area contributed by atoms with Gasteiger partial charge in [0.05, 0.1) is 29.5 Å². The van der Waals surface area contributed by atoms with Crippen LogP contribution >= 0.6 is 11.3 Å². The highest BCUT2D eigenvalue weighted by Crippen LogP contribution is 2.19. The Morgan fingerprint density at radius 3 is 2.74 bits per heavy atom. The van der Waals surface area contributed by atoms with Crippen LogP contribution in [0.3, 0.4) is 0 Å². The molecule has 0 saturated heterocycles. The molecule has 0 aliphatic carbocycles. The van der Waals surface area contributed by atoms with E-state index in [2.05, 4.69) is 38.2 Å². The molecule has 1 aliphatic heterocycles. The number of thiazole rings is 1. The summed E-state index contributed by atoms with van der Waals surface area (Å²) >= 11 is 1.51. The molecule has 0 aromatic carbocycles. The molecule has 31 heavy (non-hydrogen) atoms. The second kappa shape index (κ2) is 11.4. The van der Waals surface area contributed by atoms with Crippen LogP contribution in [0.5, 0.6) is 0 Å². The SMILES string of the molecule is C=CN(CCC(NC(C)=O)c1cscn1)N=C.CC(=O)N1CCc2c(nc(C)n2C)C1. The van der Waals surface area contributed by atoms with Gasteiger partial charge >= 0.3 is 0 Å². The Labute approximate surface area is 187 Å². The molecule has 9 nitrogen and oxygen atoms in total. The summed E-state index contributed by atoms with van der Waals surface area (Å²) in [5.41, 5.74) is 4.96. The Kier molecular flexibility index (Phi) is 8.92. The van der Waals surface area contributed by atoms with Gasteiger partial charge in [-0.25, -0.2) is 9.97 Å². The summed E-state index contributed by atoms with van der Waals surface area (Å²) in [4.78, 5) is 32.8. The van der Waals surface area contributed by atoms with Crippen molar-refractivity contribution in [2.45, 2.75) is 46.2 Å². The van der Waals surface area contributed by atoms with E-state index in [1.54, 1.807) is 23.6 Å². The monoisotopic (exact) mass is 445 g/mol. The minimum absolute atomic E-state index is 0.0697. The van der Waals surface area contributed by atoms with Crippen molar-refractivity contribution in [3.05, 3.63) is 46.6 Å². The maximum absolute atomic E-state index is 11.2. The van der Waals surface area contributed by atoms with Gasteiger partial charge in [-0.05, 0) is 13.3 Å². The van der Waals surface area contributed by atoms with E-state index in [9.17, 15) is 9.59 Å². The van der Waals surface area contributed by atoms with E-state index in [0.29, 0.717) is 19.5 Å². The highest BCUT2D eigenvalue weighted by atomic mass is 32.1. The van der Waals surface area contributed by atoms with Gasteiger partial charge < -0.3 is 14.8 Å². The molecule has 0 spiro atoms. The Bertz CT molecular complexity index is 899. The highest BCUT2D eigenvalue weighted by molar-refractivity contribution is 7.07. The summed E-state index contributed by atoms with van der Waals surface area (Å²) in [6, 6.07) is -0.0945. The van der Waals surface area contributed by atoms with Crippen molar-refractivity contribution in [2.24, 2.45) is 12.1 Å². The third-order valence-corrected chi connectivity index (χ3v) is 5.75. The first-order chi connectivity index (χ1) is 14.8. The van der Waals surface area contributed by atoms with Gasteiger partial charge in [0.15, 0.2) is 0 Å². The number of imidazole rings is 1. The van der Waals surface area contributed by atoms with Gasteiger partial charge in [0.1, 0.15) is 5.82 Å². The zero-order valence-electron chi connectivity index (χ0n) is 18.7. The molecule has 1 aliphatic rings. The van der Waals surface area contributed by atoms with E-state index < -0.39 is 0 Å². The molecule has 168 valence electrons. The fourth-order valence-corrected chi connectivity index (χ4v) is 3.95. The van der Waals surface area contributed by atoms with Crippen molar-refractivity contribution in [3.63, 3.8) is 0 Å². The molecule has 1 unspecified atom stereocenters. The Morgan fingerprint density at radius 1 is 1.45 bits per heavy atom. The van der Waals surface area contributed by atoms with Crippen LogP contribution in [0.1, 0.15) is 49.2 Å². The lowest BCUT2D eigenvalue weighted by atomic mass is 10.1. The topological polar surface area (TPSA) is 95.7 Å². The van der Waals surface area contributed by atoms with E-state index in [-0.39, 0.29) is 17.9 Å². The van der Waals surface area contributed by atoms with Crippen LogP contribution in [0.25, 0.3) is 0 Å². The molecule has 3 rings (SSSR count). The molecule has 10 heteroatoms. The van der Waals surface area contributed by atoms with Crippen LogP contribution in [0.4, 0.5) is 0 Å². The van der Waals surface area contributed by atoms with E-state index in [4.69, 9.17) is 0 Å². The summed E-state index contributed by atoms with van der Waals surface area (Å²) in [5, 5.41) is 10.2. The fraction of sp³-hybridized carbons (Fsp3) is 0.476. The van der Waals surface area contributed by atoms with Gasteiger partial charge in [0, 0.05) is 64.4 Å². The maximum Gasteiger partial charge on any atom is 0.219 e. The number of aryl methyl sites for hydroxylation is 1. The summed E-state index contributed by atoms with van der Waals surface area (Å²) in [7, 11) is 2.03. The molecule has 3 heterocycles. The maximum atomic E-state index is 11.2. The van der Waals surface area contributed by atoms with Gasteiger partial charge in [0.25, 0.3) is 0 Å². The number of aromatic nitrogens is 3. The molecular formula is C21H31N7O2S. The number of hydrazone groups is 1. The quantitative estimate of drug-likeness (QED) is 0.522.